The number of rotatable bonds is 4. The Morgan fingerprint density at radius 1 is 1.19 bits per heavy atom. The van der Waals surface area contributed by atoms with E-state index in [1.165, 1.54) is 11.1 Å². The van der Waals surface area contributed by atoms with Crippen LogP contribution in [-0.2, 0) is 33.8 Å². The standard InChI is InChI=1S/C25H27N3O3/c1-17-4-6-18(7-5-17)9-12-28-16-25-10-8-20(31-25)21(22(25)24(28)30)23(29)27-14-13-26-11-2-3-19(26)15-27/h2-8,10-11,20-22H,9,12-16H2,1H3/t20-,21-,22-,25-/m0/s1. The zero-order valence-corrected chi connectivity index (χ0v) is 17.7. The van der Waals surface area contributed by atoms with Gasteiger partial charge in [-0.1, -0.05) is 42.0 Å². The minimum Gasteiger partial charge on any atom is -0.360 e. The number of fused-ring (bicyclic) bond motifs is 2. The van der Waals surface area contributed by atoms with Gasteiger partial charge < -0.3 is 19.1 Å². The minimum absolute atomic E-state index is 0.0578. The highest BCUT2D eigenvalue weighted by Gasteiger charge is 2.67. The molecule has 6 rings (SSSR count). The van der Waals surface area contributed by atoms with Crippen LogP contribution in [-0.4, -0.2) is 57.5 Å². The van der Waals surface area contributed by atoms with Crippen molar-refractivity contribution in [2.75, 3.05) is 19.6 Å². The van der Waals surface area contributed by atoms with Crippen molar-refractivity contribution in [1.29, 1.82) is 0 Å². The van der Waals surface area contributed by atoms with E-state index in [4.69, 9.17) is 4.74 Å². The molecule has 31 heavy (non-hydrogen) atoms. The monoisotopic (exact) mass is 417 g/mol. The van der Waals surface area contributed by atoms with Crippen LogP contribution in [0, 0.1) is 18.8 Å². The molecule has 2 amide bonds. The molecule has 0 unspecified atom stereocenters. The lowest BCUT2D eigenvalue weighted by Crippen LogP contribution is -2.48. The average Bonchev–Trinajstić information content (AvgIpc) is 3.53. The summed E-state index contributed by atoms with van der Waals surface area (Å²) in [6.07, 6.45) is 6.63. The summed E-state index contributed by atoms with van der Waals surface area (Å²) in [5, 5.41) is 0. The molecule has 1 spiro atoms. The van der Waals surface area contributed by atoms with E-state index in [0.717, 1.165) is 18.7 Å². The van der Waals surface area contributed by atoms with E-state index in [-0.39, 0.29) is 17.9 Å². The third-order valence-corrected chi connectivity index (χ3v) is 7.45. The molecule has 2 fully saturated rings. The molecular formula is C25H27N3O3. The molecule has 4 atom stereocenters. The Morgan fingerprint density at radius 3 is 2.87 bits per heavy atom. The average molecular weight is 418 g/mol. The molecule has 6 heteroatoms. The Bertz CT molecular complexity index is 1070. The van der Waals surface area contributed by atoms with Gasteiger partial charge in [-0.15, -0.1) is 0 Å². The Kier molecular flexibility index (Phi) is 4.15. The molecule has 0 aliphatic carbocycles. The molecular weight excluding hydrogens is 390 g/mol. The van der Waals surface area contributed by atoms with Crippen LogP contribution in [0.25, 0.3) is 0 Å². The quantitative estimate of drug-likeness (QED) is 0.717. The van der Waals surface area contributed by atoms with Gasteiger partial charge in [0.25, 0.3) is 0 Å². The van der Waals surface area contributed by atoms with Crippen LogP contribution in [0.1, 0.15) is 16.8 Å². The summed E-state index contributed by atoms with van der Waals surface area (Å²) in [6.45, 7) is 5.35. The van der Waals surface area contributed by atoms with Crippen LogP contribution in [0.4, 0.5) is 0 Å². The summed E-state index contributed by atoms with van der Waals surface area (Å²) >= 11 is 0. The van der Waals surface area contributed by atoms with Crippen LogP contribution < -0.4 is 0 Å². The lowest BCUT2D eigenvalue weighted by Gasteiger charge is -2.33. The van der Waals surface area contributed by atoms with E-state index in [1.807, 2.05) is 28.0 Å². The number of nitrogens with zero attached hydrogens (tertiary/aromatic N) is 3. The SMILES string of the molecule is Cc1ccc(CCN2C[C@]34C=C[C@H](O3)[C@H](C(=O)N3CCn5cccc5C3)[C@H]4C2=O)cc1. The number of likely N-dealkylation sites (tertiary alicyclic amines) is 1. The fourth-order valence-electron chi connectivity index (χ4n) is 5.78. The predicted molar refractivity (Wildman–Crippen MR) is 115 cm³/mol. The molecule has 4 aliphatic heterocycles. The molecule has 2 aromatic rings. The number of carbonyl (C=O) groups excluding carboxylic acids is 2. The summed E-state index contributed by atoms with van der Waals surface area (Å²) in [7, 11) is 0. The molecule has 2 saturated heterocycles. The summed E-state index contributed by atoms with van der Waals surface area (Å²) < 4.78 is 8.50. The highest BCUT2D eigenvalue weighted by molar-refractivity contribution is 5.93. The Hall–Kier alpha value is -2.86. The van der Waals surface area contributed by atoms with Gasteiger partial charge in [-0.25, -0.2) is 0 Å². The first kappa shape index (κ1) is 18.9. The van der Waals surface area contributed by atoms with E-state index in [9.17, 15) is 9.59 Å². The van der Waals surface area contributed by atoms with Crippen LogP contribution in [0.5, 0.6) is 0 Å². The van der Waals surface area contributed by atoms with Gasteiger partial charge in [-0.2, -0.15) is 0 Å². The first-order valence-electron chi connectivity index (χ1n) is 11.2. The van der Waals surface area contributed by atoms with E-state index >= 15 is 0 Å². The number of carbonyl (C=O) groups is 2. The number of hydrogen-bond acceptors (Lipinski definition) is 3. The summed E-state index contributed by atoms with van der Waals surface area (Å²) in [5.41, 5.74) is 2.96. The molecule has 0 saturated carbocycles. The third kappa shape index (κ3) is 2.88. The second-order valence-corrected chi connectivity index (χ2v) is 9.35. The van der Waals surface area contributed by atoms with Gasteiger partial charge in [-0.3, -0.25) is 9.59 Å². The molecule has 2 bridgehead atoms. The molecule has 160 valence electrons. The molecule has 1 aromatic heterocycles. The summed E-state index contributed by atoms with van der Waals surface area (Å²) in [4.78, 5) is 30.8. The summed E-state index contributed by atoms with van der Waals surface area (Å²) in [5.74, 6) is -0.690. The molecule has 4 aliphatic rings. The highest BCUT2D eigenvalue weighted by atomic mass is 16.5. The second-order valence-electron chi connectivity index (χ2n) is 9.35. The predicted octanol–water partition coefficient (Wildman–Crippen LogP) is 2.16. The fraction of sp³-hybridized carbons (Fsp3) is 0.440. The van der Waals surface area contributed by atoms with Gasteiger partial charge in [0.05, 0.1) is 31.0 Å². The number of amides is 2. The third-order valence-electron chi connectivity index (χ3n) is 7.45. The van der Waals surface area contributed by atoms with Crippen LogP contribution in [0.3, 0.4) is 0 Å². The molecule has 5 heterocycles. The lowest BCUT2D eigenvalue weighted by atomic mass is 9.76. The Morgan fingerprint density at radius 2 is 2.03 bits per heavy atom. The molecule has 0 radical (unpaired) electrons. The lowest BCUT2D eigenvalue weighted by molar-refractivity contribution is -0.144. The van der Waals surface area contributed by atoms with Crippen molar-refractivity contribution in [3.8, 4) is 0 Å². The van der Waals surface area contributed by atoms with E-state index in [2.05, 4.69) is 48.0 Å². The van der Waals surface area contributed by atoms with Gasteiger partial charge in [0, 0.05) is 31.5 Å². The number of hydrogen-bond donors (Lipinski definition) is 0. The largest absolute Gasteiger partial charge is 0.360 e. The maximum Gasteiger partial charge on any atom is 0.230 e. The van der Waals surface area contributed by atoms with Crippen molar-refractivity contribution in [1.82, 2.24) is 14.4 Å². The highest BCUT2D eigenvalue weighted by Crippen LogP contribution is 2.52. The van der Waals surface area contributed by atoms with Crippen LogP contribution in [0.2, 0.25) is 0 Å². The van der Waals surface area contributed by atoms with Gasteiger partial charge >= 0.3 is 0 Å². The maximum absolute atomic E-state index is 13.6. The molecule has 1 aromatic carbocycles. The van der Waals surface area contributed by atoms with Crippen molar-refractivity contribution in [2.45, 2.75) is 38.1 Å². The Balaban J connectivity index is 1.20. The first-order valence-corrected chi connectivity index (χ1v) is 11.2. The summed E-state index contributed by atoms with van der Waals surface area (Å²) in [6, 6.07) is 12.5. The van der Waals surface area contributed by atoms with Gasteiger partial charge in [0.1, 0.15) is 5.60 Å². The minimum atomic E-state index is -0.634. The smallest absolute Gasteiger partial charge is 0.230 e. The van der Waals surface area contributed by atoms with E-state index in [0.29, 0.717) is 26.2 Å². The first-order chi connectivity index (χ1) is 15.0. The second kappa shape index (κ2) is 6.82. The van der Waals surface area contributed by atoms with E-state index < -0.39 is 17.4 Å². The number of benzene rings is 1. The maximum atomic E-state index is 13.6. The molecule has 6 nitrogen and oxygen atoms in total. The van der Waals surface area contributed by atoms with Gasteiger partial charge in [0.15, 0.2) is 0 Å². The van der Waals surface area contributed by atoms with Crippen molar-refractivity contribution in [3.63, 3.8) is 0 Å². The Labute approximate surface area is 182 Å². The molecule has 0 N–H and O–H groups in total. The van der Waals surface area contributed by atoms with Crippen LogP contribution in [0.15, 0.2) is 54.7 Å². The topological polar surface area (TPSA) is 54.8 Å². The van der Waals surface area contributed by atoms with Crippen LogP contribution >= 0.6 is 0 Å². The number of aromatic nitrogens is 1. The number of ether oxygens (including phenoxy) is 1. The normalized spacial score (nSPS) is 30.7. The van der Waals surface area contributed by atoms with Gasteiger partial charge in [-0.05, 0) is 31.0 Å². The van der Waals surface area contributed by atoms with E-state index in [1.54, 1.807) is 0 Å². The van der Waals surface area contributed by atoms with Crippen molar-refractivity contribution in [2.24, 2.45) is 11.8 Å². The van der Waals surface area contributed by atoms with Gasteiger partial charge in [0.2, 0.25) is 11.8 Å². The van der Waals surface area contributed by atoms with Crippen molar-refractivity contribution in [3.05, 3.63) is 71.6 Å². The van der Waals surface area contributed by atoms with Crippen molar-refractivity contribution < 1.29 is 14.3 Å². The fourth-order valence-corrected chi connectivity index (χ4v) is 5.78. The number of aryl methyl sites for hydroxylation is 1. The zero-order valence-electron chi connectivity index (χ0n) is 17.7. The van der Waals surface area contributed by atoms with Crippen molar-refractivity contribution >= 4 is 11.8 Å². The zero-order chi connectivity index (χ0) is 21.2.